The van der Waals surface area contributed by atoms with Crippen LogP contribution in [0.15, 0.2) is 48.5 Å². The molecule has 1 aromatic carbocycles. The van der Waals surface area contributed by atoms with Gasteiger partial charge in [0.15, 0.2) is 0 Å². The van der Waals surface area contributed by atoms with Crippen molar-refractivity contribution in [1.82, 2.24) is 9.88 Å². The van der Waals surface area contributed by atoms with Gasteiger partial charge in [-0.2, -0.15) is 13.2 Å². The molecule has 8 heteroatoms. The second-order valence-electron chi connectivity index (χ2n) is 7.37. The van der Waals surface area contributed by atoms with Crippen LogP contribution in [0.5, 0.6) is 5.88 Å². The van der Waals surface area contributed by atoms with Crippen LogP contribution in [0.4, 0.5) is 13.2 Å². The predicted octanol–water partition coefficient (Wildman–Crippen LogP) is 3.44. The molecule has 0 N–H and O–H groups in total. The molecule has 3 heterocycles. The van der Waals surface area contributed by atoms with Crippen molar-refractivity contribution in [2.45, 2.75) is 30.5 Å². The minimum atomic E-state index is -4.52. The summed E-state index contributed by atoms with van der Waals surface area (Å²) in [5.74, 6) is -0.0652. The average molecular weight is 406 g/mol. The number of carbonyl (C=O) groups is 1. The van der Waals surface area contributed by atoms with E-state index >= 15 is 0 Å². The molecule has 2 saturated heterocycles. The summed E-state index contributed by atoms with van der Waals surface area (Å²) in [6, 6.07) is 13.2. The Morgan fingerprint density at radius 3 is 2.41 bits per heavy atom. The summed E-state index contributed by atoms with van der Waals surface area (Å²) in [5, 5.41) is 0. The number of ether oxygens (including phenoxy) is 2. The standard InChI is InChI=1S/C21H21F3N2O3/c22-21(23,24)17-7-4-8-18(25-17)29-16-13-26(14-16)19(27)20(9-11-28-12-10-20)15-5-2-1-3-6-15/h1-8,16H,9-14H2. The molecule has 0 saturated carbocycles. The Morgan fingerprint density at radius 1 is 1.07 bits per heavy atom. The Hall–Kier alpha value is -2.61. The highest BCUT2D eigenvalue weighted by Crippen LogP contribution is 2.38. The average Bonchev–Trinajstić information content (AvgIpc) is 2.71. The molecule has 29 heavy (non-hydrogen) atoms. The zero-order valence-electron chi connectivity index (χ0n) is 15.7. The molecule has 2 aliphatic heterocycles. The van der Waals surface area contributed by atoms with Gasteiger partial charge < -0.3 is 14.4 Å². The molecule has 1 aromatic heterocycles. The van der Waals surface area contributed by atoms with E-state index in [1.54, 1.807) is 4.90 Å². The number of hydrogen-bond acceptors (Lipinski definition) is 4. The third kappa shape index (κ3) is 3.94. The van der Waals surface area contributed by atoms with Crippen molar-refractivity contribution in [1.29, 1.82) is 0 Å². The maximum absolute atomic E-state index is 13.3. The summed E-state index contributed by atoms with van der Waals surface area (Å²) >= 11 is 0. The number of aromatic nitrogens is 1. The van der Waals surface area contributed by atoms with E-state index in [-0.39, 0.29) is 17.9 Å². The van der Waals surface area contributed by atoms with Crippen LogP contribution in [0.2, 0.25) is 0 Å². The first-order chi connectivity index (χ1) is 13.9. The van der Waals surface area contributed by atoms with Crippen molar-refractivity contribution in [3.63, 3.8) is 0 Å². The second-order valence-corrected chi connectivity index (χ2v) is 7.37. The van der Waals surface area contributed by atoms with Gasteiger partial charge in [-0.05, 0) is 24.5 Å². The lowest BCUT2D eigenvalue weighted by Crippen LogP contribution is -2.61. The Kier molecular flexibility index (Phi) is 5.21. The third-order valence-electron chi connectivity index (χ3n) is 5.52. The van der Waals surface area contributed by atoms with E-state index in [0.29, 0.717) is 39.1 Å². The maximum Gasteiger partial charge on any atom is 0.433 e. The van der Waals surface area contributed by atoms with Crippen molar-refractivity contribution in [3.8, 4) is 5.88 Å². The van der Waals surface area contributed by atoms with E-state index in [9.17, 15) is 18.0 Å². The molecule has 0 aliphatic carbocycles. The van der Waals surface area contributed by atoms with Crippen LogP contribution < -0.4 is 4.74 Å². The van der Waals surface area contributed by atoms with E-state index in [1.807, 2.05) is 30.3 Å². The number of rotatable bonds is 4. The first-order valence-electron chi connectivity index (χ1n) is 9.52. The van der Waals surface area contributed by atoms with Crippen molar-refractivity contribution >= 4 is 5.91 Å². The van der Waals surface area contributed by atoms with E-state index in [0.717, 1.165) is 11.6 Å². The lowest BCUT2D eigenvalue weighted by atomic mass is 9.72. The summed E-state index contributed by atoms with van der Waals surface area (Å²) in [6.45, 7) is 1.68. The lowest BCUT2D eigenvalue weighted by Gasteiger charge is -2.46. The number of hydrogen-bond donors (Lipinski definition) is 0. The van der Waals surface area contributed by atoms with Gasteiger partial charge in [0.25, 0.3) is 0 Å². The van der Waals surface area contributed by atoms with Crippen LogP contribution in [0.25, 0.3) is 0 Å². The normalized spacial score (nSPS) is 19.5. The number of likely N-dealkylation sites (tertiary alicyclic amines) is 1. The molecule has 1 amide bonds. The number of carbonyl (C=O) groups excluding carboxylic acids is 1. The Morgan fingerprint density at radius 2 is 1.76 bits per heavy atom. The van der Waals surface area contributed by atoms with Gasteiger partial charge in [0.05, 0.1) is 18.5 Å². The van der Waals surface area contributed by atoms with Crippen molar-refractivity contribution in [3.05, 3.63) is 59.8 Å². The fraction of sp³-hybridized carbons (Fsp3) is 0.429. The Bertz CT molecular complexity index is 861. The largest absolute Gasteiger partial charge is 0.471 e. The van der Waals surface area contributed by atoms with Crippen LogP contribution in [-0.4, -0.2) is 48.2 Å². The van der Waals surface area contributed by atoms with E-state index < -0.39 is 17.3 Å². The fourth-order valence-corrected chi connectivity index (χ4v) is 3.89. The molecule has 2 aliphatic rings. The smallest absolute Gasteiger partial charge is 0.433 e. The number of pyridine rings is 1. The molecule has 2 aromatic rings. The highest BCUT2D eigenvalue weighted by atomic mass is 19.4. The van der Waals surface area contributed by atoms with Gasteiger partial charge >= 0.3 is 6.18 Å². The van der Waals surface area contributed by atoms with Gasteiger partial charge in [0, 0.05) is 19.3 Å². The molecular formula is C21H21F3N2O3. The first-order valence-corrected chi connectivity index (χ1v) is 9.52. The molecule has 5 nitrogen and oxygen atoms in total. The van der Waals surface area contributed by atoms with Crippen LogP contribution in [0.1, 0.15) is 24.1 Å². The van der Waals surface area contributed by atoms with Crippen LogP contribution in [-0.2, 0) is 21.1 Å². The SMILES string of the molecule is O=C(N1CC(Oc2cccc(C(F)(F)F)n2)C1)C1(c2ccccc2)CCOCC1. The number of amides is 1. The fourth-order valence-electron chi connectivity index (χ4n) is 3.89. The van der Waals surface area contributed by atoms with Gasteiger partial charge in [-0.1, -0.05) is 36.4 Å². The van der Waals surface area contributed by atoms with Gasteiger partial charge in [0.1, 0.15) is 11.8 Å². The monoisotopic (exact) mass is 406 g/mol. The quantitative estimate of drug-likeness (QED) is 0.781. The van der Waals surface area contributed by atoms with Crippen molar-refractivity contribution in [2.75, 3.05) is 26.3 Å². The number of alkyl halides is 3. The molecule has 0 radical (unpaired) electrons. The molecule has 154 valence electrons. The van der Waals surface area contributed by atoms with Gasteiger partial charge in [-0.15, -0.1) is 0 Å². The van der Waals surface area contributed by atoms with Crippen LogP contribution in [0.3, 0.4) is 0 Å². The molecule has 0 atom stereocenters. The lowest BCUT2D eigenvalue weighted by molar-refractivity contribution is -0.150. The van der Waals surface area contributed by atoms with Gasteiger partial charge in [0.2, 0.25) is 11.8 Å². The summed E-state index contributed by atoms with van der Waals surface area (Å²) in [6.07, 6.45) is -3.69. The topological polar surface area (TPSA) is 51.7 Å². The molecule has 4 rings (SSSR count). The molecular weight excluding hydrogens is 385 g/mol. The highest BCUT2D eigenvalue weighted by Gasteiger charge is 2.47. The van der Waals surface area contributed by atoms with E-state index in [1.165, 1.54) is 12.1 Å². The van der Waals surface area contributed by atoms with E-state index in [4.69, 9.17) is 9.47 Å². The molecule has 0 spiro atoms. The Labute approximate surface area is 166 Å². The molecule has 0 bridgehead atoms. The number of nitrogens with zero attached hydrogens (tertiary/aromatic N) is 2. The maximum atomic E-state index is 13.3. The van der Waals surface area contributed by atoms with Crippen molar-refractivity contribution < 1.29 is 27.4 Å². The third-order valence-corrected chi connectivity index (χ3v) is 5.52. The van der Waals surface area contributed by atoms with E-state index in [2.05, 4.69) is 4.98 Å². The summed E-state index contributed by atoms with van der Waals surface area (Å²) in [7, 11) is 0. The minimum Gasteiger partial charge on any atom is -0.471 e. The zero-order valence-corrected chi connectivity index (χ0v) is 15.7. The summed E-state index contributed by atoms with van der Waals surface area (Å²) in [5.41, 5.74) is -0.649. The minimum absolute atomic E-state index is 0.0175. The number of halogens is 3. The summed E-state index contributed by atoms with van der Waals surface area (Å²) < 4.78 is 49.4. The van der Waals surface area contributed by atoms with Crippen molar-refractivity contribution in [2.24, 2.45) is 0 Å². The summed E-state index contributed by atoms with van der Waals surface area (Å²) in [4.78, 5) is 18.6. The van der Waals surface area contributed by atoms with Gasteiger partial charge in [-0.25, -0.2) is 4.98 Å². The number of benzene rings is 1. The predicted molar refractivity (Wildman–Crippen MR) is 98.4 cm³/mol. The highest BCUT2D eigenvalue weighted by molar-refractivity contribution is 5.89. The molecule has 2 fully saturated rings. The second kappa shape index (κ2) is 7.67. The van der Waals surface area contributed by atoms with Crippen LogP contribution >= 0.6 is 0 Å². The zero-order chi connectivity index (χ0) is 20.5. The first kappa shape index (κ1) is 19.7. The Balaban J connectivity index is 1.43. The van der Waals surface area contributed by atoms with Crippen LogP contribution in [0, 0.1) is 0 Å². The van der Waals surface area contributed by atoms with Gasteiger partial charge in [-0.3, -0.25) is 4.79 Å². The molecule has 0 unspecified atom stereocenters.